The average Bonchev–Trinajstić information content (AvgIpc) is 0.918. The quantitative estimate of drug-likeness (QED) is 0.430. The van der Waals surface area contributed by atoms with Crippen LogP contribution in [0.5, 0.6) is 0 Å². The normalized spacial score (nSPS) is 4.50. The molecule has 22 valence electrons. The Kier molecular flexibility index (Phi) is 19.9. The maximum atomic E-state index is 8.55. The third-order valence-electron chi connectivity index (χ3n) is 0. The molecule has 2 nitrogen and oxygen atoms in total. The maximum Gasteiger partial charge on any atom is 0 e. The number of rotatable bonds is 0. The molecule has 0 aliphatic rings. The summed E-state index contributed by atoms with van der Waals surface area (Å²) in [5.74, 6) is 0. The van der Waals surface area contributed by atoms with Crippen LogP contribution in [0.25, 0.3) is 0 Å². The molecule has 0 atom stereocenters. The Bertz CT molecular complexity index is 6.00. The van der Waals surface area contributed by atoms with Crippen LogP contribution in [0, 0.1) is 0 Å². The van der Waals surface area contributed by atoms with Crippen LogP contribution < -0.4 is 4.19 Å². The van der Waals surface area contributed by atoms with Gasteiger partial charge < -0.3 is 0 Å². The van der Waals surface area contributed by atoms with Gasteiger partial charge in [0, 0.05) is 19.5 Å². The summed E-state index contributed by atoms with van der Waals surface area (Å²) in [7, 11) is 0. The Morgan fingerprint density at radius 2 is 1.75 bits per heavy atom. The van der Waals surface area contributed by atoms with Gasteiger partial charge in [-0.2, -0.15) is 0 Å². The van der Waals surface area contributed by atoms with Gasteiger partial charge in [0.05, 0.1) is 0 Å². The average molecular weight is 177 g/mol. The van der Waals surface area contributed by atoms with Crippen molar-refractivity contribution in [2.45, 2.75) is 0 Å². The molecule has 0 aromatic carbocycles. The van der Waals surface area contributed by atoms with E-state index in [0.717, 1.165) is 0 Å². The molecule has 0 spiro atoms. The molecule has 0 bridgehead atoms. The standard InChI is InChI=1S/H2O2Se.Zn/c1-3-2;/h1-2H;/p-1. The summed E-state index contributed by atoms with van der Waals surface area (Å²) in [5, 5.41) is 0. The first-order chi connectivity index (χ1) is 1.41. The molecule has 4 heteroatoms. The summed E-state index contributed by atoms with van der Waals surface area (Å²) in [4.78, 5) is 0. The van der Waals surface area contributed by atoms with Gasteiger partial charge in [0.2, 0.25) is 0 Å². The van der Waals surface area contributed by atoms with Crippen LogP contribution in [-0.2, 0) is 19.5 Å². The Balaban J connectivity index is 0. The van der Waals surface area contributed by atoms with E-state index in [4.69, 9.17) is 8.38 Å². The smallest absolute Gasteiger partial charge is 0 e. The van der Waals surface area contributed by atoms with E-state index in [-0.39, 0.29) is 19.5 Å². The molecule has 0 aromatic rings. The predicted molar refractivity (Wildman–Crippen MR) is 7.97 cm³/mol. The van der Waals surface area contributed by atoms with E-state index >= 15 is 0 Å². The minimum atomic E-state index is -1.38. The van der Waals surface area contributed by atoms with Gasteiger partial charge in [-0.25, -0.2) is 0 Å². The van der Waals surface area contributed by atoms with Crippen molar-refractivity contribution >= 4 is 15.6 Å². The van der Waals surface area contributed by atoms with Crippen molar-refractivity contribution in [2.24, 2.45) is 0 Å². The molecular formula is HO2SeZn-. The summed E-state index contributed by atoms with van der Waals surface area (Å²) in [6, 6.07) is 0. The molecule has 0 aliphatic heterocycles. The molecule has 0 aliphatic carbocycles. The summed E-state index contributed by atoms with van der Waals surface area (Å²) in [6.07, 6.45) is 0. The minimum absolute atomic E-state index is 0. The van der Waals surface area contributed by atoms with Crippen LogP contribution >= 0.6 is 0 Å². The van der Waals surface area contributed by atoms with Gasteiger partial charge in [-0.15, -0.1) is 0 Å². The second kappa shape index (κ2) is 8.96. The second-order valence-corrected chi connectivity index (χ2v) is 0.387. The molecular weight excluding hydrogens is 176 g/mol. The van der Waals surface area contributed by atoms with Gasteiger partial charge in [0.1, 0.15) is 0 Å². The van der Waals surface area contributed by atoms with Crippen molar-refractivity contribution in [1.82, 2.24) is 0 Å². The molecule has 0 saturated carbocycles. The topological polar surface area (TPSA) is 43.3 Å². The molecule has 0 aromatic heterocycles. The van der Waals surface area contributed by atoms with E-state index in [1.165, 1.54) is 0 Å². The SMILES string of the molecule is [O-][Se]O.[Zn]. The summed E-state index contributed by atoms with van der Waals surface area (Å²) < 4.78 is 15.6. The van der Waals surface area contributed by atoms with Crippen LogP contribution in [0.3, 0.4) is 0 Å². The fourth-order valence-electron chi connectivity index (χ4n) is 0. The zero-order valence-electron chi connectivity index (χ0n) is 1.97. The second-order valence-electron chi connectivity index (χ2n) is 0.0745. The molecule has 0 rings (SSSR count). The molecule has 0 amide bonds. The van der Waals surface area contributed by atoms with Gasteiger partial charge >= 0.3 is 24.0 Å². The van der Waals surface area contributed by atoms with E-state index in [9.17, 15) is 0 Å². The Labute approximate surface area is 43.8 Å². The largest absolute Gasteiger partial charge is 0 e. The van der Waals surface area contributed by atoms with Crippen molar-refractivity contribution in [3.05, 3.63) is 0 Å². The zero-order valence-corrected chi connectivity index (χ0v) is 6.65. The van der Waals surface area contributed by atoms with Gasteiger partial charge in [-0.1, -0.05) is 0 Å². The van der Waals surface area contributed by atoms with Crippen molar-refractivity contribution in [3.63, 3.8) is 0 Å². The first-order valence-electron chi connectivity index (χ1n) is 0.349. The van der Waals surface area contributed by atoms with Gasteiger partial charge in [-0.3, -0.25) is 0 Å². The van der Waals surface area contributed by atoms with Crippen LogP contribution in [-0.4, -0.2) is 19.8 Å². The fourth-order valence-corrected chi connectivity index (χ4v) is 0. The van der Waals surface area contributed by atoms with Gasteiger partial charge in [0.25, 0.3) is 0 Å². The molecule has 1 N–H and O–H groups in total. The monoisotopic (exact) mass is 177 g/mol. The third kappa shape index (κ3) is 11.5. The van der Waals surface area contributed by atoms with Gasteiger partial charge in [0.15, 0.2) is 0 Å². The van der Waals surface area contributed by atoms with Crippen LogP contribution in [0.15, 0.2) is 0 Å². The Morgan fingerprint density at radius 1 is 1.75 bits per heavy atom. The molecule has 4 heavy (non-hydrogen) atoms. The molecule has 0 saturated heterocycles. The van der Waals surface area contributed by atoms with E-state index in [1.807, 2.05) is 0 Å². The van der Waals surface area contributed by atoms with Crippen molar-refractivity contribution < 1.29 is 27.9 Å². The first-order valence-corrected chi connectivity index (χ1v) is 1.81. The minimum Gasteiger partial charge on any atom is 0 e. The van der Waals surface area contributed by atoms with Crippen LogP contribution in [0.4, 0.5) is 0 Å². The van der Waals surface area contributed by atoms with E-state index in [1.54, 1.807) is 0 Å². The van der Waals surface area contributed by atoms with Crippen molar-refractivity contribution in [1.29, 1.82) is 0 Å². The summed E-state index contributed by atoms with van der Waals surface area (Å²) in [5.41, 5.74) is 0. The fraction of sp³-hybridized carbons (Fsp3) is 0. The molecule has 0 radical (unpaired) electrons. The van der Waals surface area contributed by atoms with Crippen LogP contribution in [0.1, 0.15) is 0 Å². The first kappa shape index (κ1) is 8.91. The molecule has 0 unspecified atom stereocenters. The van der Waals surface area contributed by atoms with Crippen molar-refractivity contribution in [3.8, 4) is 0 Å². The number of hydrogen-bond acceptors (Lipinski definition) is 2. The molecule has 0 heterocycles. The predicted octanol–water partition coefficient (Wildman–Crippen LogP) is -2.13. The summed E-state index contributed by atoms with van der Waals surface area (Å²) in [6.45, 7) is 0. The van der Waals surface area contributed by atoms with Gasteiger partial charge in [-0.05, 0) is 0 Å². The van der Waals surface area contributed by atoms with Crippen molar-refractivity contribution in [2.75, 3.05) is 0 Å². The Hall–Kier alpha value is 1.06. The third-order valence-corrected chi connectivity index (χ3v) is 0. The summed E-state index contributed by atoms with van der Waals surface area (Å²) >= 11 is -1.38. The zero-order chi connectivity index (χ0) is 2.71. The van der Waals surface area contributed by atoms with E-state index < -0.39 is 15.6 Å². The maximum absolute atomic E-state index is 8.55. The van der Waals surface area contributed by atoms with E-state index in [0.29, 0.717) is 0 Å². The Morgan fingerprint density at radius 3 is 1.75 bits per heavy atom. The molecule has 0 fully saturated rings. The number of hydrogen-bond donors (Lipinski definition) is 1. The van der Waals surface area contributed by atoms with Crippen LogP contribution in [0.2, 0.25) is 0 Å². The van der Waals surface area contributed by atoms with E-state index in [2.05, 4.69) is 0 Å².